The Morgan fingerprint density at radius 3 is 3.00 bits per heavy atom. The maximum Gasteiger partial charge on any atom is 0.339 e. The summed E-state index contributed by atoms with van der Waals surface area (Å²) in [5.74, 6) is -0.990. The highest BCUT2D eigenvalue weighted by atomic mass is 16.4. The quantitative estimate of drug-likeness (QED) is 0.866. The topological polar surface area (TPSA) is 83.4 Å². The highest BCUT2D eigenvalue weighted by Crippen LogP contribution is 2.15. The van der Waals surface area contributed by atoms with Crippen LogP contribution < -0.4 is 0 Å². The number of amides is 1. The van der Waals surface area contributed by atoms with E-state index < -0.39 is 5.97 Å². The normalized spacial score (nSPS) is 16.4. The molecule has 1 saturated heterocycles. The maximum atomic E-state index is 11.8. The number of aromatic carboxylic acids is 1. The Kier molecular flexibility index (Phi) is 3.86. The van der Waals surface area contributed by atoms with Crippen LogP contribution in [0.25, 0.3) is 0 Å². The molecule has 1 amide bonds. The van der Waals surface area contributed by atoms with E-state index in [1.54, 1.807) is 4.90 Å². The molecule has 6 nitrogen and oxygen atoms in total. The van der Waals surface area contributed by atoms with Gasteiger partial charge in [-0.05, 0) is 12.8 Å². The third kappa shape index (κ3) is 2.82. The molecule has 0 atom stereocenters. The van der Waals surface area contributed by atoms with Gasteiger partial charge < -0.3 is 10.0 Å². The van der Waals surface area contributed by atoms with Gasteiger partial charge in [0.1, 0.15) is 11.9 Å². The van der Waals surface area contributed by atoms with Crippen molar-refractivity contribution < 1.29 is 14.7 Å². The van der Waals surface area contributed by atoms with Crippen molar-refractivity contribution in [2.24, 2.45) is 0 Å². The van der Waals surface area contributed by atoms with E-state index >= 15 is 0 Å². The summed E-state index contributed by atoms with van der Waals surface area (Å²) in [6.07, 6.45) is 6.02. The number of carbonyl (C=O) groups excluding carboxylic acids is 1. The standard InChI is InChI=1S/C12H15N3O3/c16-11-4-2-1-3-5-15(11)7-10-9(12(17)18)6-13-8-14-10/h6,8H,1-5,7H2,(H,17,18). The molecule has 2 heterocycles. The van der Waals surface area contributed by atoms with Gasteiger partial charge in [-0.2, -0.15) is 0 Å². The molecule has 96 valence electrons. The van der Waals surface area contributed by atoms with E-state index in [2.05, 4.69) is 9.97 Å². The second-order valence-corrected chi connectivity index (χ2v) is 4.31. The summed E-state index contributed by atoms with van der Waals surface area (Å²) in [4.78, 5) is 32.2. The molecule has 1 aromatic rings. The Morgan fingerprint density at radius 2 is 2.22 bits per heavy atom. The zero-order valence-corrected chi connectivity index (χ0v) is 10.0. The van der Waals surface area contributed by atoms with E-state index in [1.165, 1.54) is 12.5 Å². The zero-order chi connectivity index (χ0) is 13.0. The third-order valence-corrected chi connectivity index (χ3v) is 3.04. The third-order valence-electron chi connectivity index (χ3n) is 3.04. The van der Waals surface area contributed by atoms with Crippen LogP contribution in [0.5, 0.6) is 0 Å². The van der Waals surface area contributed by atoms with E-state index in [-0.39, 0.29) is 18.0 Å². The van der Waals surface area contributed by atoms with Crippen LogP contribution in [0.3, 0.4) is 0 Å². The molecule has 0 saturated carbocycles. The Balaban J connectivity index is 2.17. The number of hydrogen-bond donors (Lipinski definition) is 1. The van der Waals surface area contributed by atoms with Gasteiger partial charge in [0.25, 0.3) is 0 Å². The molecule has 0 spiro atoms. The van der Waals surface area contributed by atoms with Gasteiger partial charge in [0.15, 0.2) is 0 Å². The summed E-state index contributed by atoms with van der Waals surface area (Å²) in [6.45, 7) is 0.922. The smallest absolute Gasteiger partial charge is 0.339 e. The Morgan fingerprint density at radius 1 is 1.39 bits per heavy atom. The molecule has 2 rings (SSSR count). The average Bonchev–Trinajstić information content (AvgIpc) is 2.55. The number of aromatic nitrogens is 2. The van der Waals surface area contributed by atoms with E-state index in [4.69, 9.17) is 5.11 Å². The first-order chi connectivity index (χ1) is 8.68. The van der Waals surface area contributed by atoms with Crippen LogP contribution in [-0.4, -0.2) is 38.4 Å². The number of carbonyl (C=O) groups is 2. The van der Waals surface area contributed by atoms with E-state index in [0.29, 0.717) is 18.7 Å². The minimum atomic E-state index is -1.06. The van der Waals surface area contributed by atoms with E-state index in [9.17, 15) is 9.59 Å². The monoisotopic (exact) mass is 249 g/mol. The van der Waals surface area contributed by atoms with Gasteiger partial charge in [-0.15, -0.1) is 0 Å². The fourth-order valence-electron chi connectivity index (χ4n) is 2.05. The lowest BCUT2D eigenvalue weighted by molar-refractivity contribution is -0.131. The van der Waals surface area contributed by atoms with E-state index in [1.807, 2.05) is 0 Å². The van der Waals surface area contributed by atoms with Crippen LogP contribution in [0.1, 0.15) is 41.7 Å². The fourth-order valence-corrected chi connectivity index (χ4v) is 2.05. The molecular weight excluding hydrogens is 234 g/mol. The van der Waals surface area contributed by atoms with Gasteiger partial charge >= 0.3 is 5.97 Å². The molecule has 18 heavy (non-hydrogen) atoms. The van der Waals surface area contributed by atoms with Crippen molar-refractivity contribution in [1.82, 2.24) is 14.9 Å². The van der Waals surface area contributed by atoms with Crippen molar-refractivity contribution in [3.05, 3.63) is 23.8 Å². The SMILES string of the molecule is O=C(O)c1cncnc1CN1CCCCCC1=O. The Labute approximate surface area is 105 Å². The van der Waals surface area contributed by atoms with Crippen LogP contribution in [0, 0.1) is 0 Å². The van der Waals surface area contributed by atoms with Crippen LogP contribution in [0.15, 0.2) is 12.5 Å². The van der Waals surface area contributed by atoms with Crippen molar-refractivity contribution in [2.75, 3.05) is 6.54 Å². The number of hydrogen-bond acceptors (Lipinski definition) is 4. The zero-order valence-electron chi connectivity index (χ0n) is 10.0. The molecule has 1 N–H and O–H groups in total. The Hall–Kier alpha value is -1.98. The molecule has 0 bridgehead atoms. The highest BCUT2D eigenvalue weighted by molar-refractivity contribution is 5.88. The van der Waals surface area contributed by atoms with Gasteiger partial charge in [0, 0.05) is 19.2 Å². The lowest BCUT2D eigenvalue weighted by Crippen LogP contribution is -2.30. The average molecular weight is 249 g/mol. The van der Waals surface area contributed by atoms with Crippen molar-refractivity contribution in [1.29, 1.82) is 0 Å². The first-order valence-electron chi connectivity index (χ1n) is 5.98. The summed E-state index contributed by atoms with van der Waals surface area (Å²) in [6, 6.07) is 0. The van der Waals surface area contributed by atoms with Gasteiger partial charge in [-0.25, -0.2) is 14.8 Å². The molecule has 1 aliphatic heterocycles. The summed E-state index contributed by atoms with van der Waals surface area (Å²) < 4.78 is 0. The minimum absolute atomic E-state index is 0.0644. The van der Waals surface area contributed by atoms with Gasteiger partial charge in [-0.3, -0.25) is 4.79 Å². The summed E-state index contributed by atoms with van der Waals surface area (Å²) in [5.41, 5.74) is 0.460. The minimum Gasteiger partial charge on any atom is -0.478 e. The molecule has 0 aromatic carbocycles. The lowest BCUT2D eigenvalue weighted by Gasteiger charge is -2.20. The Bertz CT molecular complexity index is 462. The van der Waals surface area contributed by atoms with Crippen LogP contribution in [0.2, 0.25) is 0 Å². The van der Waals surface area contributed by atoms with Crippen molar-refractivity contribution in [3.8, 4) is 0 Å². The summed E-state index contributed by atoms with van der Waals surface area (Å²) in [5, 5.41) is 9.03. The highest BCUT2D eigenvalue weighted by Gasteiger charge is 2.20. The van der Waals surface area contributed by atoms with Crippen molar-refractivity contribution >= 4 is 11.9 Å². The first-order valence-corrected chi connectivity index (χ1v) is 5.98. The predicted molar refractivity (Wildman–Crippen MR) is 62.9 cm³/mol. The number of likely N-dealkylation sites (tertiary alicyclic amines) is 1. The maximum absolute atomic E-state index is 11.8. The molecule has 6 heteroatoms. The number of nitrogens with zero attached hydrogens (tertiary/aromatic N) is 3. The number of carboxylic acid groups (broad SMARTS) is 1. The summed E-state index contributed by atoms with van der Waals surface area (Å²) >= 11 is 0. The largest absolute Gasteiger partial charge is 0.478 e. The molecular formula is C12H15N3O3. The van der Waals surface area contributed by atoms with E-state index in [0.717, 1.165) is 19.3 Å². The molecule has 0 unspecified atom stereocenters. The summed E-state index contributed by atoms with van der Waals surface area (Å²) in [7, 11) is 0. The molecule has 1 aromatic heterocycles. The van der Waals surface area contributed by atoms with Crippen LogP contribution in [0.4, 0.5) is 0 Å². The molecule has 0 aliphatic carbocycles. The first kappa shape index (κ1) is 12.5. The van der Waals surface area contributed by atoms with Crippen LogP contribution in [-0.2, 0) is 11.3 Å². The number of rotatable bonds is 3. The second-order valence-electron chi connectivity index (χ2n) is 4.31. The number of carboxylic acids is 1. The lowest BCUT2D eigenvalue weighted by atomic mass is 10.2. The second kappa shape index (κ2) is 5.57. The van der Waals surface area contributed by atoms with Gasteiger partial charge in [0.05, 0.1) is 12.2 Å². The predicted octanol–water partition coefficient (Wildman–Crippen LogP) is 1.08. The van der Waals surface area contributed by atoms with Gasteiger partial charge in [-0.1, -0.05) is 6.42 Å². The molecule has 1 aliphatic rings. The molecule has 0 radical (unpaired) electrons. The molecule has 1 fully saturated rings. The van der Waals surface area contributed by atoms with Crippen molar-refractivity contribution in [2.45, 2.75) is 32.2 Å². The van der Waals surface area contributed by atoms with Crippen molar-refractivity contribution in [3.63, 3.8) is 0 Å². The van der Waals surface area contributed by atoms with Gasteiger partial charge in [0.2, 0.25) is 5.91 Å². The fraction of sp³-hybridized carbons (Fsp3) is 0.500. The van der Waals surface area contributed by atoms with Crippen LogP contribution >= 0.6 is 0 Å².